The van der Waals surface area contributed by atoms with Crippen molar-refractivity contribution < 1.29 is 4.52 Å². The minimum atomic E-state index is 0.600. The zero-order chi connectivity index (χ0) is 6.27. The third-order valence-electron chi connectivity index (χ3n) is 1.97. The van der Waals surface area contributed by atoms with Crippen LogP contribution in [-0.2, 0) is 6.42 Å². The Hall–Kier alpha value is -0.790. The standard InChI is InChI=1S/C7H9NO/c1-5-2-3-6-4-8-9-7(5)6/h4-5H,2-3H2,1H3. The summed E-state index contributed by atoms with van der Waals surface area (Å²) >= 11 is 0. The Kier molecular flexibility index (Phi) is 0.891. The quantitative estimate of drug-likeness (QED) is 0.525. The molecule has 0 amide bonds. The van der Waals surface area contributed by atoms with Crippen LogP contribution in [0.2, 0.25) is 0 Å². The van der Waals surface area contributed by atoms with Gasteiger partial charge in [0.1, 0.15) is 5.76 Å². The van der Waals surface area contributed by atoms with Gasteiger partial charge in [-0.15, -0.1) is 0 Å². The SMILES string of the molecule is CC1CCc2cnoc21. The van der Waals surface area contributed by atoms with Crippen molar-refractivity contribution in [2.75, 3.05) is 0 Å². The molecular formula is C7H9NO. The first-order valence-corrected chi connectivity index (χ1v) is 3.31. The Morgan fingerprint density at radius 3 is 3.44 bits per heavy atom. The Bertz CT molecular complexity index is 216. The second-order valence-corrected chi connectivity index (χ2v) is 2.66. The van der Waals surface area contributed by atoms with Crippen molar-refractivity contribution in [3.8, 4) is 0 Å². The monoisotopic (exact) mass is 123 g/mol. The normalized spacial score (nSPS) is 24.3. The summed E-state index contributed by atoms with van der Waals surface area (Å²) in [6.45, 7) is 2.18. The van der Waals surface area contributed by atoms with Gasteiger partial charge in [0.15, 0.2) is 0 Å². The van der Waals surface area contributed by atoms with Crippen molar-refractivity contribution >= 4 is 0 Å². The molecule has 0 fully saturated rings. The highest BCUT2D eigenvalue weighted by molar-refractivity contribution is 5.22. The average molecular weight is 123 g/mol. The number of aryl methyl sites for hydroxylation is 1. The first-order valence-electron chi connectivity index (χ1n) is 3.31. The highest BCUT2D eigenvalue weighted by atomic mass is 16.5. The summed E-state index contributed by atoms with van der Waals surface area (Å²) in [7, 11) is 0. The Labute approximate surface area is 53.9 Å². The lowest BCUT2D eigenvalue weighted by molar-refractivity contribution is 0.369. The molecule has 1 aromatic rings. The third-order valence-corrected chi connectivity index (χ3v) is 1.97. The van der Waals surface area contributed by atoms with Gasteiger partial charge in [-0.3, -0.25) is 0 Å². The molecule has 2 heteroatoms. The molecular weight excluding hydrogens is 114 g/mol. The minimum absolute atomic E-state index is 0.600. The maximum atomic E-state index is 5.04. The van der Waals surface area contributed by atoms with Crippen LogP contribution in [0.1, 0.15) is 30.6 Å². The van der Waals surface area contributed by atoms with Crippen LogP contribution in [0, 0.1) is 0 Å². The zero-order valence-electron chi connectivity index (χ0n) is 5.42. The van der Waals surface area contributed by atoms with Gasteiger partial charge in [0.25, 0.3) is 0 Å². The molecule has 1 aliphatic carbocycles. The molecule has 1 unspecified atom stereocenters. The molecule has 0 aliphatic heterocycles. The van der Waals surface area contributed by atoms with E-state index in [1.165, 1.54) is 12.0 Å². The molecule has 1 heterocycles. The fourth-order valence-electron chi connectivity index (χ4n) is 1.37. The first kappa shape index (κ1) is 5.03. The number of rotatable bonds is 0. The third kappa shape index (κ3) is 0.590. The van der Waals surface area contributed by atoms with Gasteiger partial charge in [0, 0.05) is 11.5 Å². The summed E-state index contributed by atoms with van der Waals surface area (Å²) in [4.78, 5) is 0. The van der Waals surface area contributed by atoms with E-state index in [1.54, 1.807) is 0 Å². The van der Waals surface area contributed by atoms with Crippen LogP contribution in [0.5, 0.6) is 0 Å². The van der Waals surface area contributed by atoms with Gasteiger partial charge in [0.05, 0.1) is 6.20 Å². The molecule has 0 aromatic carbocycles. The van der Waals surface area contributed by atoms with E-state index < -0.39 is 0 Å². The Morgan fingerprint density at radius 2 is 2.67 bits per heavy atom. The van der Waals surface area contributed by atoms with E-state index in [0.29, 0.717) is 5.92 Å². The summed E-state index contributed by atoms with van der Waals surface area (Å²) in [5.41, 5.74) is 1.31. The van der Waals surface area contributed by atoms with Gasteiger partial charge in [-0.05, 0) is 12.8 Å². The molecule has 1 aliphatic rings. The summed E-state index contributed by atoms with van der Waals surface area (Å²) in [6, 6.07) is 0. The van der Waals surface area contributed by atoms with Crippen molar-refractivity contribution in [2.45, 2.75) is 25.7 Å². The lowest BCUT2D eigenvalue weighted by atomic mass is 10.1. The largest absolute Gasteiger partial charge is 0.361 e. The fourth-order valence-corrected chi connectivity index (χ4v) is 1.37. The summed E-state index contributed by atoms with van der Waals surface area (Å²) < 4.78 is 5.04. The van der Waals surface area contributed by atoms with Crippen molar-refractivity contribution in [1.82, 2.24) is 5.16 Å². The van der Waals surface area contributed by atoms with E-state index in [-0.39, 0.29) is 0 Å². The van der Waals surface area contributed by atoms with Crippen LogP contribution in [0.25, 0.3) is 0 Å². The lowest BCUT2D eigenvalue weighted by Crippen LogP contribution is -1.81. The Morgan fingerprint density at radius 1 is 1.78 bits per heavy atom. The smallest absolute Gasteiger partial charge is 0.142 e. The number of hydrogen-bond acceptors (Lipinski definition) is 2. The second-order valence-electron chi connectivity index (χ2n) is 2.66. The number of hydrogen-bond donors (Lipinski definition) is 0. The van der Waals surface area contributed by atoms with Crippen LogP contribution < -0.4 is 0 Å². The topological polar surface area (TPSA) is 26.0 Å². The molecule has 0 spiro atoms. The van der Waals surface area contributed by atoms with Crippen molar-refractivity contribution in [3.63, 3.8) is 0 Å². The van der Waals surface area contributed by atoms with Gasteiger partial charge >= 0.3 is 0 Å². The van der Waals surface area contributed by atoms with Crippen LogP contribution in [-0.4, -0.2) is 5.16 Å². The van der Waals surface area contributed by atoms with Crippen LogP contribution in [0.3, 0.4) is 0 Å². The highest BCUT2D eigenvalue weighted by Crippen LogP contribution is 2.31. The van der Waals surface area contributed by atoms with Gasteiger partial charge < -0.3 is 4.52 Å². The summed E-state index contributed by atoms with van der Waals surface area (Å²) in [5.74, 6) is 1.71. The molecule has 0 bridgehead atoms. The van der Waals surface area contributed by atoms with Gasteiger partial charge in [-0.2, -0.15) is 0 Å². The molecule has 1 aromatic heterocycles. The van der Waals surface area contributed by atoms with Crippen molar-refractivity contribution in [2.24, 2.45) is 0 Å². The number of fused-ring (bicyclic) bond motifs is 1. The van der Waals surface area contributed by atoms with Gasteiger partial charge in [-0.25, -0.2) is 0 Å². The van der Waals surface area contributed by atoms with Crippen molar-refractivity contribution in [1.29, 1.82) is 0 Å². The molecule has 0 radical (unpaired) electrons. The lowest BCUT2D eigenvalue weighted by Gasteiger charge is -1.93. The van der Waals surface area contributed by atoms with E-state index in [9.17, 15) is 0 Å². The molecule has 0 N–H and O–H groups in total. The molecule has 0 saturated carbocycles. The first-order chi connectivity index (χ1) is 4.38. The van der Waals surface area contributed by atoms with E-state index in [0.717, 1.165) is 12.2 Å². The predicted molar refractivity (Wildman–Crippen MR) is 33.2 cm³/mol. The number of aromatic nitrogens is 1. The van der Waals surface area contributed by atoms with Crippen LogP contribution in [0.4, 0.5) is 0 Å². The molecule has 2 nitrogen and oxygen atoms in total. The maximum absolute atomic E-state index is 5.04. The molecule has 0 saturated heterocycles. The van der Waals surface area contributed by atoms with E-state index in [1.807, 2.05) is 6.20 Å². The van der Waals surface area contributed by atoms with Crippen molar-refractivity contribution in [3.05, 3.63) is 17.5 Å². The average Bonchev–Trinajstić information content (AvgIpc) is 2.35. The predicted octanol–water partition coefficient (Wildman–Crippen LogP) is 1.72. The Balaban J connectivity index is 2.49. The van der Waals surface area contributed by atoms with Crippen LogP contribution >= 0.6 is 0 Å². The maximum Gasteiger partial charge on any atom is 0.142 e. The van der Waals surface area contributed by atoms with Gasteiger partial charge in [0.2, 0.25) is 0 Å². The number of nitrogens with zero attached hydrogens (tertiary/aromatic N) is 1. The fraction of sp³-hybridized carbons (Fsp3) is 0.571. The second kappa shape index (κ2) is 1.59. The van der Waals surface area contributed by atoms with Crippen LogP contribution in [0.15, 0.2) is 10.7 Å². The van der Waals surface area contributed by atoms with Gasteiger partial charge in [-0.1, -0.05) is 12.1 Å². The zero-order valence-corrected chi connectivity index (χ0v) is 5.42. The summed E-state index contributed by atoms with van der Waals surface area (Å²) in [5, 5.41) is 3.72. The molecule has 9 heavy (non-hydrogen) atoms. The molecule has 2 rings (SSSR count). The molecule has 1 atom stereocenters. The van der Waals surface area contributed by atoms with E-state index in [2.05, 4.69) is 12.1 Å². The highest BCUT2D eigenvalue weighted by Gasteiger charge is 2.22. The summed E-state index contributed by atoms with van der Waals surface area (Å²) in [6.07, 6.45) is 4.22. The minimum Gasteiger partial charge on any atom is -0.361 e. The van der Waals surface area contributed by atoms with E-state index in [4.69, 9.17) is 4.52 Å². The molecule has 48 valence electrons. The van der Waals surface area contributed by atoms with E-state index >= 15 is 0 Å².